The summed E-state index contributed by atoms with van der Waals surface area (Å²) >= 11 is 0. The number of nitrogens with zero attached hydrogens (tertiary/aromatic N) is 1. The van der Waals surface area contributed by atoms with Crippen LogP contribution < -0.4 is 5.32 Å². The van der Waals surface area contributed by atoms with E-state index in [0.717, 1.165) is 6.42 Å². The molecule has 1 aliphatic heterocycles. The minimum atomic E-state index is -4.57. The normalized spacial score (nSPS) is 24.2. The number of carbonyl (C=O) groups excluding carboxylic acids is 1. The predicted octanol–water partition coefficient (Wildman–Crippen LogP) is 1.52. The lowest BCUT2D eigenvalue weighted by molar-refractivity contribution is -0.188. The first-order valence-electron chi connectivity index (χ1n) is 6.49. The minimum Gasteiger partial charge on any atom is -0.481 e. The van der Waals surface area contributed by atoms with Gasteiger partial charge in [0.1, 0.15) is 0 Å². The Labute approximate surface area is 127 Å². The smallest absolute Gasteiger partial charge is 0.393 e. The van der Waals surface area contributed by atoms with E-state index in [-0.39, 0.29) is 24.9 Å². The van der Waals surface area contributed by atoms with Gasteiger partial charge in [0.2, 0.25) is 5.91 Å². The molecule has 0 spiro atoms. The van der Waals surface area contributed by atoms with Crippen LogP contribution in [-0.2, 0) is 9.59 Å². The average Bonchev–Trinajstić information content (AvgIpc) is 2.79. The van der Waals surface area contributed by atoms with Gasteiger partial charge in [-0.1, -0.05) is 6.92 Å². The Morgan fingerprint density at radius 3 is 2.33 bits per heavy atom. The number of hydrogen-bond donors (Lipinski definition) is 2. The number of rotatable bonds is 5. The van der Waals surface area contributed by atoms with Crippen LogP contribution in [0.4, 0.5) is 13.2 Å². The highest BCUT2D eigenvalue weighted by Crippen LogP contribution is 2.38. The van der Waals surface area contributed by atoms with E-state index in [1.165, 1.54) is 11.8 Å². The molecule has 21 heavy (non-hydrogen) atoms. The number of nitrogens with one attached hydrogen (secondary N) is 1. The zero-order chi connectivity index (χ0) is 15.5. The van der Waals surface area contributed by atoms with Crippen molar-refractivity contribution in [3.63, 3.8) is 0 Å². The van der Waals surface area contributed by atoms with Gasteiger partial charge >= 0.3 is 12.1 Å². The van der Waals surface area contributed by atoms with Crippen molar-refractivity contribution in [2.45, 2.75) is 32.5 Å². The summed E-state index contributed by atoms with van der Waals surface area (Å²) in [5.74, 6) is -5.30. The molecule has 0 aromatic heterocycles. The maximum atomic E-state index is 12.8. The molecule has 2 N–H and O–H groups in total. The van der Waals surface area contributed by atoms with Crippen LogP contribution in [0.1, 0.15) is 20.3 Å². The van der Waals surface area contributed by atoms with Gasteiger partial charge in [0.05, 0.1) is 17.9 Å². The third-order valence-corrected chi connectivity index (χ3v) is 3.56. The van der Waals surface area contributed by atoms with Crippen LogP contribution in [0.25, 0.3) is 0 Å². The van der Waals surface area contributed by atoms with Crippen LogP contribution in [0, 0.1) is 11.8 Å². The maximum Gasteiger partial charge on any atom is 0.393 e. The summed E-state index contributed by atoms with van der Waals surface area (Å²) in [7, 11) is 0. The monoisotopic (exact) mass is 332 g/mol. The fourth-order valence-corrected chi connectivity index (χ4v) is 2.29. The van der Waals surface area contributed by atoms with Gasteiger partial charge in [-0.05, 0) is 13.3 Å². The summed E-state index contributed by atoms with van der Waals surface area (Å²) in [4.78, 5) is 24.0. The van der Waals surface area contributed by atoms with Crippen molar-refractivity contribution in [3.05, 3.63) is 0 Å². The highest BCUT2D eigenvalue weighted by molar-refractivity contribution is 5.85. The first-order valence-corrected chi connectivity index (χ1v) is 6.49. The summed E-state index contributed by atoms with van der Waals surface area (Å²) in [6.45, 7) is 3.08. The van der Waals surface area contributed by atoms with Gasteiger partial charge in [0.25, 0.3) is 0 Å². The van der Waals surface area contributed by atoms with Gasteiger partial charge < -0.3 is 10.4 Å². The molecule has 0 aromatic rings. The molecule has 1 amide bonds. The number of hydrogen-bond acceptors (Lipinski definition) is 3. The number of carboxylic acid groups (broad SMARTS) is 1. The highest BCUT2D eigenvalue weighted by atomic mass is 35.5. The molecule has 124 valence electrons. The molecular weight excluding hydrogens is 313 g/mol. The number of halogens is 4. The van der Waals surface area contributed by atoms with Crippen molar-refractivity contribution < 1.29 is 27.9 Å². The maximum absolute atomic E-state index is 12.8. The van der Waals surface area contributed by atoms with E-state index >= 15 is 0 Å². The lowest BCUT2D eigenvalue weighted by atomic mass is 9.96. The summed E-state index contributed by atoms with van der Waals surface area (Å²) in [6, 6.07) is -0.768. The summed E-state index contributed by atoms with van der Waals surface area (Å²) in [5, 5.41) is 11.5. The number of amides is 1. The van der Waals surface area contributed by atoms with Crippen LogP contribution >= 0.6 is 12.4 Å². The molecule has 9 heteroatoms. The van der Waals surface area contributed by atoms with Gasteiger partial charge in [-0.3, -0.25) is 14.5 Å². The fraction of sp³-hybridized carbons (Fsp3) is 0.833. The first kappa shape index (κ1) is 20.0. The van der Waals surface area contributed by atoms with Gasteiger partial charge in [-0.25, -0.2) is 0 Å². The molecule has 1 fully saturated rings. The Morgan fingerprint density at radius 2 is 1.95 bits per heavy atom. The third kappa shape index (κ3) is 5.03. The molecule has 0 radical (unpaired) electrons. The topological polar surface area (TPSA) is 69.6 Å². The lowest BCUT2D eigenvalue weighted by Crippen LogP contribution is -2.45. The zero-order valence-electron chi connectivity index (χ0n) is 11.8. The number of carbonyl (C=O) groups is 2. The standard InChI is InChI=1S/C12H19F3N2O3.ClH/c1-3-4-16-10(18)7(2)17-5-8(11(19)20)9(6-17)12(13,14)15;/h7-9H,3-6H2,1-2H3,(H,16,18)(H,19,20);1H/t7?,8-,9-;/m1./s1. The second-order valence-corrected chi connectivity index (χ2v) is 5.01. The van der Waals surface area contributed by atoms with Gasteiger partial charge in [0.15, 0.2) is 0 Å². The van der Waals surface area contributed by atoms with Crippen LogP contribution in [0.5, 0.6) is 0 Å². The van der Waals surface area contributed by atoms with Crippen molar-refractivity contribution in [1.29, 1.82) is 0 Å². The quantitative estimate of drug-likeness (QED) is 0.801. The fourth-order valence-electron chi connectivity index (χ4n) is 2.29. The van der Waals surface area contributed by atoms with E-state index in [2.05, 4.69) is 5.32 Å². The largest absolute Gasteiger partial charge is 0.481 e. The van der Waals surface area contributed by atoms with Crippen LogP contribution in [0.2, 0.25) is 0 Å². The van der Waals surface area contributed by atoms with E-state index in [1.54, 1.807) is 0 Å². The molecule has 0 aromatic carbocycles. The molecular formula is C12H20ClF3N2O3. The SMILES string of the molecule is CCCNC(=O)C(C)N1C[C@@H](C(F)(F)F)[C@H](C(=O)O)C1.Cl. The summed E-state index contributed by atoms with van der Waals surface area (Å²) in [6.07, 6.45) is -3.85. The van der Waals surface area contributed by atoms with E-state index in [1.807, 2.05) is 6.92 Å². The molecule has 1 unspecified atom stereocenters. The zero-order valence-corrected chi connectivity index (χ0v) is 12.6. The lowest BCUT2D eigenvalue weighted by Gasteiger charge is -2.23. The van der Waals surface area contributed by atoms with Crippen molar-refractivity contribution in [3.8, 4) is 0 Å². The van der Waals surface area contributed by atoms with E-state index in [0.29, 0.717) is 6.54 Å². The molecule has 3 atom stereocenters. The van der Waals surface area contributed by atoms with Gasteiger partial charge in [-0.15, -0.1) is 12.4 Å². The first-order chi connectivity index (χ1) is 9.18. The van der Waals surface area contributed by atoms with E-state index < -0.39 is 36.6 Å². The number of aliphatic carboxylic acids is 1. The summed E-state index contributed by atoms with van der Waals surface area (Å²) < 4.78 is 38.5. The highest BCUT2D eigenvalue weighted by Gasteiger charge is 2.53. The number of alkyl halides is 3. The average molecular weight is 333 g/mol. The molecule has 1 aliphatic rings. The molecule has 5 nitrogen and oxygen atoms in total. The Bertz CT molecular complexity index is 379. The van der Waals surface area contributed by atoms with E-state index in [9.17, 15) is 22.8 Å². The Hall–Kier alpha value is -1.02. The molecule has 0 bridgehead atoms. The summed E-state index contributed by atoms with van der Waals surface area (Å²) in [5.41, 5.74) is 0. The predicted molar refractivity (Wildman–Crippen MR) is 72.3 cm³/mol. The number of carboxylic acids is 1. The van der Waals surface area contributed by atoms with Crippen molar-refractivity contribution in [2.75, 3.05) is 19.6 Å². The molecule has 1 saturated heterocycles. The molecule has 0 aliphatic carbocycles. The van der Waals surface area contributed by atoms with Crippen molar-refractivity contribution in [1.82, 2.24) is 10.2 Å². The second-order valence-electron chi connectivity index (χ2n) is 5.01. The second kappa shape index (κ2) is 7.84. The minimum absolute atomic E-state index is 0. The Kier molecular flexibility index (Phi) is 7.46. The van der Waals surface area contributed by atoms with Crippen LogP contribution in [0.15, 0.2) is 0 Å². The van der Waals surface area contributed by atoms with Gasteiger partial charge in [0, 0.05) is 19.6 Å². The van der Waals surface area contributed by atoms with Gasteiger partial charge in [-0.2, -0.15) is 13.2 Å². The molecule has 1 rings (SSSR count). The van der Waals surface area contributed by atoms with E-state index in [4.69, 9.17) is 5.11 Å². The third-order valence-electron chi connectivity index (χ3n) is 3.56. The van der Waals surface area contributed by atoms with Crippen molar-refractivity contribution in [2.24, 2.45) is 11.8 Å². The Balaban J connectivity index is 0.00000400. The van der Waals surface area contributed by atoms with Crippen LogP contribution in [-0.4, -0.2) is 53.7 Å². The van der Waals surface area contributed by atoms with Crippen molar-refractivity contribution >= 4 is 24.3 Å². The molecule has 1 heterocycles. The Morgan fingerprint density at radius 1 is 1.38 bits per heavy atom. The number of likely N-dealkylation sites (tertiary alicyclic amines) is 1. The van der Waals surface area contributed by atoms with Crippen LogP contribution in [0.3, 0.4) is 0 Å². The molecule has 0 saturated carbocycles.